The predicted molar refractivity (Wildman–Crippen MR) is 160 cm³/mol. The number of amides is 3. The summed E-state index contributed by atoms with van der Waals surface area (Å²) in [5, 5.41) is 8.86. The number of carbonyl (C=O) groups is 3. The van der Waals surface area contributed by atoms with E-state index in [2.05, 4.69) is 20.9 Å². The first-order valence-electron chi connectivity index (χ1n) is 13.4. The molecule has 0 saturated carbocycles. The van der Waals surface area contributed by atoms with Crippen molar-refractivity contribution in [2.24, 2.45) is 0 Å². The molecule has 0 aliphatic carbocycles. The van der Waals surface area contributed by atoms with E-state index in [9.17, 15) is 14.4 Å². The minimum Gasteiger partial charge on any atom is -0.497 e. The molecule has 1 aliphatic heterocycles. The van der Waals surface area contributed by atoms with Crippen molar-refractivity contribution >= 4 is 35.1 Å². The molecule has 5 rings (SSSR count). The van der Waals surface area contributed by atoms with Gasteiger partial charge in [-0.15, -0.1) is 0 Å². The van der Waals surface area contributed by atoms with Crippen LogP contribution in [-0.2, 0) is 11.3 Å². The Labute approximate surface area is 238 Å². The van der Waals surface area contributed by atoms with Gasteiger partial charge in [-0.05, 0) is 73.9 Å². The SMILES string of the molecule is COc1ccc(CNC(=O)c2c(C)[nH]c(/C=C3\C(=O)Nc4ccc(C(=O)NC(C)c5ccccc5)cc43)c2C)cc1. The standard InChI is InChI=1S/C33H32N4O4/c1-19-29(35-21(3)30(19)33(40)34-18-22-10-13-25(41-4)14-11-22)17-27-26-16-24(12-15-28(26)37-32(27)39)31(38)36-20(2)23-8-6-5-7-9-23/h5-17,20,35H,18H2,1-4H3,(H,34,40)(H,36,38)(H,37,39)/b27-17-. The zero-order valence-corrected chi connectivity index (χ0v) is 23.4. The number of benzene rings is 3. The fourth-order valence-electron chi connectivity index (χ4n) is 5.00. The van der Waals surface area contributed by atoms with Gasteiger partial charge in [-0.2, -0.15) is 0 Å². The molecular weight excluding hydrogens is 516 g/mol. The van der Waals surface area contributed by atoms with Crippen molar-refractivity contribution in [1.82, 2.24) is 15.6 Å². The van der Waals surface area contributed by atoms with Crippen molar-refractivity contribution in [1.29, 1.82) is 0 Å². The number of rotatable bonds is 8. The molecule has 3 aromatic carbocycles. The van der Waals surface area contributed by atoms with Gasteiger partial charge >= 0.3 is 0 Å². The number of hydrogen-bond acceptors (Lipinski definition) is 4. The fraction of sp³-hybridized carbons (Fsp3) is 0.182. The van der Waals surface area contributed by atoms with Gasteiger partial charge in [0.25, 0.3) is 17.7 Å². The molecule has 8 nitrogen and oxygen atoms in total. The Balaban J connectivity index is 1.36. The second kappa shape index (κ2) is 11.6. The Morgan fingerprint density at radius 3 is 2.41 bits per heavy atom. The number of hydrogen-bond donors (Lipinski definition) is 4. The first-order valence-corrected chi connectivity index (χ1v) is 13.4. The van der Waals surface area contributed by atoms with E-state index in [4.69, 9.17) is 4.74 Å². The van der Waals surface area contributed by atoms with Crippen molar-refractivity contribution in [2.75, 3.05) is 12.4 Å². The van der Waals surface area contributed by atoms with E-state index >= 15 is 0 Å². The van der Waals surface area contributed by atoms with E-state index in [1.807, 2.05) is 75.4 Å². The van der Waals surface area contributed by atoms with Gasteiger partial charge in [0.2, 0.25) is 0 Å². The zero-order chi connectivity index (χ0) is 29.1. The predicted octanol–water partition coefficient (Wildman–Crippen LogP) is 5.55. The number of nitrogens with one attached hydrogen (secondary N) is 4. The minimum absolute atomic E-state index is 0.175. The highest BCUT2D eigenvalue weighted by Gasteiger charge is 2.27. The summed E-state index contributed by atoms with van der Waals surface area (Å²) >= 11 is 0. The first-order chi connectivity index (χ1) is 19.7. The second-order valence-electron chi connectivity index (χ2n) is 10.1. The molecule has 0 radical (unpaired) electrons. The summed E-state index contributed by atoms with van der Waals surface area (Å²) < 4.78 is 5.19. The largest absolute Gasteiger partial charge is 0.497 e. The molecule has 0 saturated heterocycles. The average Bonchev–Trinajstić information content (AvgIpc) is 3.45. The summed E-state index contributed by atoms with van der Waals surface area (Å²) in [5.41, 5.74) is 6.70. The Morgan fingerprint density at radius 1 is 0.976 bits per heavy atom. The Bertz CT molecular complexity index is 1650. The summed E-state index contributed by atoms with van der Waals surface area (Å²) in [6.07, 6.45) is 1.73. The van der Waals surface area contributed by atoms with E-state index in [-0.39, 0.29) is 23.8 Å². The van der Waals surface area contributed by atoms with Gasteiger partial charge < -0.3 is 25.7 Å². The van der Waals surface area contributed by atoms with E-state index < -0.39 is 0 Å². The number of anilines is 1. The third kappa shape index (κ3) is 5.77. The second-order valence-corrected chi connectivity index (χ2v) is 10.1. The molecule has 0 spiro atoms. The molecule has 41 heavy (non-hydrogen) atoms. The Hall–Kier alpha value is -5.11. The van der Waals surface area contributed by atoms with Gasteiger partial charge in [-0.25, -0.2) is 0 Å². The monoisotopic (exact) mass is 548 g/mol. The number of aromatic nitrogens is 1. The number of aromatic amines is 1. The first kappa shape index (κ1) is 27.5. The van der Waals surface area contributed by atoms with Gasteiger partial charge in [-0.1, -0.05) is 42.5 Å². The van der Waals surface area contributed by atoms with Crippen LogP contribution in [0.25, 0.3) is 11.6 Å². The highest BCUT2D eigenvalue weighted by atomic mass is 16.5. The molecule has 208 valence electrons. The van der Waals surface area contributed by atoms with Gasteiger partial charge in [0, 0.05) is 34.7 Å². The lowest BCUT2D eigenvalue weighted by Gasteiger charge is -2.14. The van der Waals surface area contributed by atoms with Crippen LogP contribution in [0, 0.1) is 13.8 Å². The molecule has 8 heteroatoms. The molecular formula is C33H32N4O4. The molecule has 1 unspecified atom stereocenters. The summed E-state index contributed by atoms with van der Waals surface area (Å²) in [4.78, 5) is 42.4. The molecule has 1 atom stereocenters. The van der Waals surface area contributed by atoms with Crippen LogP contribution in [0.3, 0.4) is 0 Å². The average molecular weight is 549 g/mol. The van der Waals surface area contributed by atoms with Crippen LogP contribution in [0.5, 0.6) is 5.75 Å². The maximum Gasteiger partial charge on any atom is 0.256 e. The molecule has 1 aromatic heterocycles. The van der Waals surface area contributed by atoms with Crippen molar-refractivity contribution in [3.8, 4) is 5.75 Å². The molecule has 3 amide bonds. The maximum absolute atomic E-state index is 13.1. The number of fused-ring (bicyclic) bond motifs is 1. The quantitative estimate of drug-likeness (QED) is 0.216. The fourth-order valence-corrected chi connectivity index (χ4v) is 5.00. The van der Waals surface area contributed by atoms with Gasteiger partial charge in [0.1, 0.15) is 5.75 Å². The molecule has 0 bridgehead atoms. The van der Waals surface area contributed by atoms with Crippen LogP contribution in [0.15, 0.2) is 72.8 Å². The summed E-state index contributed by atoms with van der Waals surface area (Å²) in [7, 11) is 1.61. The maximum atomic E-state index is 13.1. The van der Waals surface area contributed by atoms with E-state index in [0.717, 1.165) is 22.4 Å². The molecule has 4 N–H and O–H groups in total. The van der Waals surface area contributed by atoms with Crippen LogP contribution in [0.1, 0.15) is 67.3 Å². The minimum atomic E-state index is -0.271. The number of H-pyrrole nitrogens is 1. The summed E-state index contributed by atoms with van der Waals surface area (Å²) in [6.45, 7) is 5.97. The molecule has 0 fully saturated rings. The van der Waals surface area contributed by atoms with Crippen molar-refractivity contribution in [3.05, 3.63) is 118 Å². The molecule has 2 heterocycles. The molecule has 4 aromatic rings. The lowest BCUT2D eigenvalue weighted by molar-refractivity contribution is -0.110. The number of ether oxygens (including phenoxy) is 1. The van der Waals surface area contributed by atoms with Crippen molar-refractivity contribution in [2.45, 2.75) is 33.4 Å². The van der Waals surface area contributed by atoms with Gasteiger partial charge in [0.15, 0.2) is 0 Å². The smallest absolute Gasteiger partial charge is 0.256 e. The number of aryl methyl sites for hydroxylation is 1. The highest BCUT2D eigenvalue weighted by molar-refractivity contribution is 6.35. The highest BCUT2D eigenvalue weighted by Crippen LogP contribution is 2.35. The Kier molecular flexibility index (Phi) is 7.74. The lowest BCUT2D eigenvalue weighted by Crippen LogP contribution is -2.26. The zero-order valence-electron chi connectivity index (χ0n) is 23.4. The van der Waals surface area contributed by atoms with E-state index in [0.29, 0.717) is 45.9 Å². The van der Waals surface area contributed by atoms with Crippen LogP contribution >= 0.6 is 0 Å². The summed E-state index contributed by atoms with van der Waals surface area (Å²) in [6, 6.07) is 22.2. The van der Waals surface area contributed by atoms with E-state index in [1.54, 1.807) is 31.4 Å². The number of methoxy groups -OCH3 is 1. The van der Waals surface area contributed by atoms with Gasteiger partial charge in [0.05, 0.1) is 24.3 Å². The molecule has 1 aliphatic rings. The normalized spacial score (nSPS) is 13.9. The Morgan fingerprint density at radius 2 is 1.71 bits per heavy atom. The number of carbonyl (C=O) groups excluding carboxylic acids is 3. The van der Waals surface area contributed by atoms with Crippen LogP contribution in [0.2, 0.25) is 0 Å². The van der Waals surface area contributed by atoms with Crippen molar-refractivity contribution in [3.63, 3.8) is 0 Å². The van der Waals surface area contributed by atoms with E-state index in [1.165, 1.54) is 0 Å². The van der Waals surface area contributed by atoms with Crippen LogP contribution in [-0.4, -0.2) is 29.8 Å². The third-order valence-corrected chi connectivity index (χ3v) is 7.32. The lowest BCUT2D eigenvalue weighted by atomic mass is 10.0. The third-order valence-electron chi connectivity index (χ3n) is 7.32. The van der Waals surface area contributed by atoms with Crippen LogP contribution < -0.4 is 20.7 Å². The van der Waals surface area contributed by atoms with Crippen molar-refractivity contribution < 1.29 is 19.1 Å². The summed E-state index contributed by atoms with van der Waals surface area (Å²) in [5.74, 6) is 0.0412. The topological polar surface area (TPSA) is 112 Å². The van der Waals surface area contributed by atoms with Crippen LogP contribution in [0.4, 0.5) is 5.69 Å². The van der Waals surface area contributed by atoms with Gasteiger partial charge in [-0.3, -0.25) is 14.4 Å².